The summed E-state index contributed by atoms with van der Waals surface area (Å²) in [6.45, 7) is 5.89. The Labute approximate surface area is 146 Å². The molecule has 0 aliphatic carbocycles. The highest BCUT2D eigenvalue weighted by Gasteiger charge is 2.23. The quantitative estimate of drug-likeness (QED) is 0.797. The van der Waals surface area contributed by atoms with Gasteiger partial charge in [-0.1, -0.05) is 12.1 Å². The Morgan fingerprint density at radius 3 is 2.72 bits per heavy atom. The van der Waals surface area contributed by atoms with Crippen molar-refractivity contribution in [2.75, 3.05) is 26.2 Å². The fourth-order valence-electron chi connectivity index (χ4n) is 3.26. The van der Waals surface area contributed by atoms with E-state index >= 15 is 0 Å². The van der Waals surface area contributed by atoms with Crippen molar-refractivity contribution < 1.29 is 4.79 Å². The smallest absolute Gasteiger partial charge is 0.255 e. The minimum absolute atomic E-state index is 0.0691. The fourth-order valence-corrected chi connectivity index (χ4v) is 3.26. The molecule has 6 nitrogen and oxygen atoms in total. The Balaban J connectivity index is 1.37. The van der Waals surface area contributed by atoms with Gasteiger partial charge in [-0.15, -0.1) is 0 Å². The minimum Gasteiger partial charge on any atom is -0.341 e. The summed E-state index contributed by atoms with van der Waals surface area (Å²) in [6, 6.07) is 9.96. The number of nitrogens with zero attached hydrogens (tertiary/aromatic N) is 4. The number of aryl methyl sites for hydroxylation is 1. The van der Waals surface area contributed by atoms with Crippen molar-refractivity contribution in [3.63, 3.8) is 0 Å². The largest absolute Gasteiger partial charge is 0.341 e. The van der Waals surface area contributed by atoms with Crippen LogP contribution in [-0.2, 0) is 6.54 Å². The first kappa shape index (κ1) is 15.8. The fraction of sp³-hybridized carbons (Fsp3) is 0.316. The van der Waals surface area contributed by atoms with Crippen LogP contribution in [-0.4, -0.2) is 56.8 Å². The van der Waals surface area contributed by atoms with Crippen molar-refractivity contribution in [3.05, 3.63) is 59.7 Å². The van der Waals surface area contributed by atoms with Gasteiger partial charge in [-0.05, 0) is 30.7 Å². The lowest BCUT2D eigenvalue weighted by Gasteiger charge is -2.34. The van der Waals surface area contributed by atoms with Gasteiger partial charge in [0.2, 0.25) is 0 Å². The van der Waals surface area contributed by atoms with Crippen LogP contribution >= 0.6 is 0 Å². The molecule has 1 aliphatic rings. The Morgan fingerprint density at radius 2 is 1.96 bits per heavy atom. The van der Waals surface area contributed by atoms with Crippen LogP contribution in [0.4, 0.5) is 0 Å². The summed E-state index contributed by atoms with van der Waals surface area (Å²) in [6.07, 6.45) is 3.41. The third-order valence-electron chi connectivity index (χ3n) is 4.59. The number of rotatable bonds is 3. The molecule has 6 heteroatoms. The van der Waals surface area contributed by atoms with E-state index in [0.29, 0.717) is 5.56 Å². The Kier molecular flexibility index (Phi) is 4.19. The van der Waals surface area contributed by atoms with Gasteiger partial charge in [0, 0.05) is 38.6 Å². The summed E-state index contributed by atoms with van der Waals surface area (Å²) in [4.78, 5) is 28.9. The molecule has 2 aromatic heterocycles. The van der Waals surface area contributed by atoms with E-state index in [2.05, 4.69) is 19.9 Å². The van der Waals surface area contributed by atoms with Crippen molar-refractivity contribution in [1.82, 2.24) is 24.8 Å². The number of amides is 1. The molecule has 0 atom stereocenters. The average molecular weight is 335 g/mol. The summed E-state index contributed by atoms with van der Waals surface area (Å²) in [5, 5.41) is 0. The van der Waals surface area contributed by atoms with Crippen LogP contribution in [0, 0.1) is 6.92 Å². The Morgan fingerprint density at radius 1 is 1.16 bits per heavy atom. The number of piperazine rings is 1. The van der Waals surface area contributed by atoms with Crippen molar-refractivity contribution in [1.29, 1.82) is 0 Å². The van der Waals surface area contributed by atoms with Crippen LogP contribution in [0.2, 0.25) is 0 Å². The Hall–Kier alpha value is -2.73. The van der Waals surface area contributed by atoms with E-state index in [-0.39, 0.29) is 5.91 Å². The van der Waals surface area contributed by atoms with Crippen LogP contribution in [0.1, 0.15) is 21.7 Å². The molecule has 3 heterocycles. The van der Waals surface area contributed by atoms with Gasteiger partial charge in [0.05, 0.1) is 23.1 Å². The zero-order chi connectivity index (χ0) is 17.2. The maximum Gasteiger partial charge on any atom is 0.255 e. The molecule has 0 saturated carbocycles. The normalized spacial score (nSPS) is 15.6. The second kappa shape index (κ2) is 6.64. The van der Waals surface area contributed by atoms with Crippen molar-refractivity contribution >= 4 is 16.9 Å². The number of aromatic nitrogens is 3. The lowest BCUT2D eigenvalue weighted by atomic mass is 10.2. The van der Waals surface area contributed by atoms with Gasteiger partial charge in [0.15, 0.2) is 0 Å². The number of para-hydroxylation sites is 2. The maximum absolute atomic E-state index is 12.6. The van der Waals surface area contributed by atoms with E-state index in [4.69, 9.17) is 0 Å². The average Bonchev–Trinajstić information content (AvgIpc) is 3.04. The zero-order valence-corrected chi connectivity index (χ0v) is 14.3. The molecule has 25 heavy (non-hydrogen) atoms. The number of H-pyrrole nitrogens is 1. The molecule has 1 fully saturated rings. The number of hydrogen-bond donors (Lipinski definition) is 1. The summed E-state index contributed by atoms with van der Waals surface area (Å²) in [5.74, 6) is 1.04. The zero-order valence-electron chi connectivity index (χ0n) is 14.3. The maximum atomic E-state index is 12.6. The van der Waals surface area contributed by atoms with Crippen molar-refractivity contribution in [2.24, 2.45) is 0 Å². The molecule has 0 unspecified atom stereocenters. The lowest BCUT2D eigenvalue weighted by molar-refractivity contribution is 0.0625. The summed E-state index contributed by atoms with van der Waals surface area (Å²) in [5.41, 5.74) is 3.75. The third kappa shape index (κ3) is 3.39. The Bertz CT molecular complexity index is 862. The number of carbonyl (C=O) groups excluding carboxylic acids is 1. The van der Waals surface area contributed by atoms with E-state index in [1.807, 2.05) is 42.2 Å². The van der Waals surface area contributed by atoms with Crippen LogP contribution in [0.15, 0.2) is 42.7 Å². The van der Waals surface area contributed by atoms with Crippen LogP contribution in [0.25, 0.3) is 11.0 Å². The van der Waals surface area contributed by atoms with E-state index < -0.39 is 0 Å². The van der Waals surface area contributed by atoms with Crippen LogP contribution in [0.3, 0.4) is 0 Å². The van der Waals surface area contributed by atoms with Crippen molar-refractivity contribution in [3.8, 4) is 0 Å². The summed E-state index contributed by atoms with van der Waals surface area (Å²) >= 11 is 0. The number of fused-ring (bicyclic) bond motifs is 1. The molecule has 1 amide bonds. The molecule has 1 N–H and O–H groups in total. The molecule has 1 saturated heterocycles. The number of benzene rings is 1. The van der Waals surface area contributed by atoms with E-state index in [1.165, 1.54) is 0 Å². The first-order valence-corrected chi connectivity index (χ1v) is 8.56. The van der Waals surface area contributed by atoms with Crippen LogP contribution in [0.5, 0.6) is 0 Å². The van der Waals surface area contributed by atoms with E-state index in [1.54, 1.807) is 12.4 Å². The number of pyridine rings is 1. The molecule has 4 rings (SSSR count). The highest BCUT2D eigenvalue weighted by Crippen LogP contribution is 2.14. The summed E-state index contributed by atoms with van der Waals surface area (Å²) in [7, 11) is 0. The molecule has 0 bridgehead atoms. The number of hydrogen-bond acceptors (Lipinski definition) is 4. The monoisotopic (exact) mass is 335 g/mol. The number of nitrogens with one attached hydrogen (secondary N) is 1. The SMILES string of the molecule is Cc1cncc(C(=O)N2CCN(Cc3nc4ccccc4[nH]3)CC2)c1. The highest BCUT2D eigenvalue weighted by atomic mass is 16.2. The minimum atomic E-state index is 0.0691. The molecule has 3 aromatic rings. The van der Waals surface area contributed by atoms with Gasteiger partial charge in [-0.25, -0.2) is 4.98 Å². The third-order valence-corrected chi connectivity index (χ3v) is 4.59. The lowest BCUT2D eigenvalue weighted by Crippen LogP contribution is -2.48. The highest BCUT2D eigenvalue weighted by molar-refractivity contribution is 5.94. The topological polar surface area (TPSA) is 65.1 Å². The first-order valence-electron chi connectivity index (χ1n) is 8.56. The van der Waals surface area contributed by atoms with Gasteiger partial charge >= 0.3 is 0 Å². The number of aromatic amines is 1. The molecular formula is C19H21N5O. The molecule has 0 spiro atoms. The molecule has 1 aromatic carbocycles. The van der Waals surface area contributed by atoms with E-state index in [0.717, 1.165) is 55.1 Å². The molecule has 0 radical (unpaired) electrons. The predicted molar refractivity (Wildman–Crippen MR) is 96.2 cm³/mol. The van der Waals surface area contributed by atoms with E-state index in [9.17, 15) is 4.79 Å². The molecular weight excluding hydrogens is 314 g/mol. The van der Waals surface area contributed by atoms with Crippen molar-refractivity contribution in [2.45, 2.75) is 13.5 Å². The second-order valence-electron chi connectivity index (χ2n) is 6.52. The van der Waals surface area contributed by atoms with Gasteiger partial charge in [0.25, 0.3) is 5.91 Å². The first-order chi connectivity index (χ1) is 12.2. The molecule has 1 aliphatic heterocycles. The van der Waals surface area contributed by atoms with Gasteiger partial charge in [-0.3, -0.25) is 14.7 Å². The summed E-state index contributed by atoms with van der Waals surface area (Å²) < 4.78 is 0. The number of carbonyl (C=O) groups is 1. The second-order valence-corrected chi connectivity index (χ2v) is 6.52. The standard InChI is InChI=1S/C19H21N5O/c1-14-10-15(12-20-11-14)19(25)24-8-6-23(7-9-24)13-18-21-16-4-2-3-5-17(16)22-18/h2-5,10-12H,6-9,13H2,1H3,(H,21,22). The van der Waals surface area contributed by atoms with Gasteiger partial charge in [-0.2, -0.15) is 0 Å². The predicted octanol–water partition coefficient (Wildman–Crippen LogP) is 2.22. The van der Waals surface area contributed by atoms with Gasteiger partial charge in [0.1, 0.15) is 5.82 Å². The molecule has 128 valence electrons. The number of imidazole rings is 1. The van der Waals surface area contributed by atoms with Gasteiger partial charge < -0.3 is 9.88 Å². The van der Waals surface area contributed by atoms with Crippen LogP contribution < -0.4 is 0 Å².